The highest BCUT2D eigenvalue weighted by Crippen LogP contribution is 2.37. The third kappa shape index (κ3) is 4.81. The van der Waals surface area contributed by atoms with Gasteiger partial charge in [0.1, 0.15) is 5.57 Å². The Labute approximate surface area is 245 Å². The van der Waals surface area contributed by atoms with Gasteiger partial charge in [0.25, 0.3) is 11.8 Å². The van der Waals surface area contributed by atoms with E-state index in [0.717, 1.165) is 38.2 Å². The van der Waals surface area contributed by atoms with Crippen LogP contribution in [0, 0.1) is 0 Å². The van der Waals surface area contributed by atoms with E-state index >= 15 is 0 Å². The van der Waals surface area contributed by atoms with Crippen LogP contribution in [0.4, 0.5) is 5.69 Å². The molecular weight excluding hydrogens is 582 g/mol. The first-order valence-corrected chi connectivity index (χ1v) is 13.8. The number of halogens is 1. The van der Waals surface area contributed by atoms with Crippen LogP contribution in [0.15, 0.2) is 131 Å². The lowest BCUT2D eigenvalue weighted by Gasteiger charge is -2.29. The van der Waals surface area contributed by atoms with E-state index in [4.69, 9.17) is 12.2 Å². The summed E-state index contributed by atoms with van der Waals surface area (Å²) < 4.78 is 3.04. The van der Waals surface area contributed by atoms with Gasteiger partial charge in [-0.15, -0.1) is 0 Å². The minimum Gasteiger partial charge on any atom is -0.309 e. The SMILES string of the molecule is O=C1NC(=S)N(c2ccc(Br)cc2)C(=O)/C1=C/c1cc(-c2ccccc2)n(-c2ccccc2)c1-c1ccccc1. The first-order valence-electron chi connectivity index (χ1n) is 12.6. The summed E-state index contributed by atoms with van der Waals surface area (Å²) in [6.07, 6.45) is 1.67. The van der Waals surface area contributed by atoms with E-state index in [9.17, 15) is 9.59 Å². The van der Waals surface area contributed by atoms with Gasteiger partial charge in [0.2, 0.25) is 0 Å². The minimum absolute atomic E-state index is 0.00137. The van der Waals surface area contributed by atoms with Crippen molar-refractivity contribution in [2.75, 3.05) is 4.90 Å². The number of benzene rings is 4. The van der Waals surface area contributed by atoms with Crippen LogP contribution >= 0.6 is 28.1 Å². The molecule has 2 heterocycles. The van der Waals surface area contributed by atoms with Crippen molar-refractivity contribution in [3.63, 3.8) is 0 Å². The molecule has 1 fully saturated rings. The number of hydrogen-bond acceptors (Lipinski definition) is 3. The molecule has 6 rings (SSSR count). The molecule has 0 aliphatic carbocycles. The second kappa shape index (κ2) is 10.9. The largest absolute Gasteiger partial charge is 0.309 e. The van der Waals surface area contributed by atoms with E-state index in [0.29, 0.717) is 5.69 Å². The van der Waals surface area contributed by atoms with Crippen LogP contribution in [0.2, 0.25) is 0 Å². The van der Waals surface area contributed by atoms with E-state index in [1.165, 1.54) is 4.90 Å². The van der Waals surface area contributed by atoms with Crippen LogP contribution in [0.5, 0.6) is 0 Å². The molecule has 0 unspecified atom stereocenters. The van der Waals surface area contributed by atoms with Gasteiger partial charge in [0.15, 0.2) is 5.11 Å². The molecule has 40 heavy (non-hydrogen) atoms. The first-order chi connectivity index (χ1) is 19.5. The van der Waals surface area contributed by atoms with Crippen molar-refractivity contribution >= 4 is 56.8 Å². The van der Waals surface area contributed by atoms with Crippen LogP contribution in [0.3, 0.4) is 0 Å². The Balaban J connectivity index is 1.59. The zero-order valence-corrected chi connectivity index (χ0v) is 23.5. The molecule has 0 bridgehead atoms. The molecule has 1 aromatic heterocycles. The second-order valence-electron chi connectivity index (χ2n) is 9.17. The average molecular weight is 605 g/mol. The maximum Gasteiger partial charge on any atom is 0.270 e. The quantitative estimate of drug-likeness (QED) is 0.129. The van der Waals surface area contributed by atoms with Crippen LogP contribution < -0.4 is 10.2 Å². The summed E-state index contributed by atoms with van der Waals surface area (Å²) in [6, 6.07) is 39.3. The fourth-order valence-corrected chi connectivity index (χ4v) is 5.38. The number of amides is 2. The fraction of sp³-hybridized carbons (Fsp3) is 0. The lowest BCUT2D eigenvalue weighted by molar-refractivity contribution is -0.122. The summed E-state index contributed by atoms with van der Waals surface area (Å²) >= 11 is 8.82. The molecule has 5 nitrogen and oxygen atoms in total. The Morgan fingerprint density at radius 1 is 0.700 bits per heavy atom. The van der Waals surface area contributed by atoms with Crippen molar-refractivity contribution < 1.29 is 9.59 Å². The predicted octanol–water partition coefficient (Wildman–Crippen LogP) is 7.41. The van der Waals surface area contributed by atoms with Crippen LogP contribution in [-0.4, -0.2) is 21.5 Å². The molecule has 1 saturated heterocycles. The van der Waals surface area contributed by atoms with Crippen molar-refractivity contribution in [1.82, 2.24) is 9.88 Å². The molecular formula is C33H22BrN3O2S. The molecule has 7 heteroatoms. The van der Waals surface area contributed by atoms with Crippen molar-refractivity contribution in [3.05, 3.63) is 137 Å². The number of thiocarbonyl (C=S) groups is 1. The molecule has 2 amide bonds. The van der Waals surface area contributed by atoms with Gasteiger partial charge in [0, 0.05) is 15.7 Å². The third-order valence-electron chi connectivity index (χ3n) is 6.65. The number of carbonyl (C=O) groups excluding carboxylic acids is 2. The topological polar surface area (TPSA) is 54.3 Å². The van der Waals surface area contributed by atoms with Crippen LogP contribution in [-0.2, 0) is 9.59 Å². The molecule has 1 aliphatic heterocycles. The number of nitrogens with one attached hydrogen (secondary N) is 1. The van der Waals surface area contributed by atoms with E-state index in [1.54, 1.807) is 18.2 Å². The molecule has 1 aliphatic rings. The van der Waals surface area contributed by atoms with E-state index in [-0.39, 0.29) is 10.7 Å². The standard InChI is InChI=1S/C33H22BrN3O2S/c34-25-16-18-27(19-17-25)37-32(39)28(31(38)35-33(37)40)20-24-21-29(22-10-4-1-5-11-22)36(26-14-8-3-9-15-26)30(24)23-12-6-2-7-13-23/h1-21H,(H,35,38,40)/b28-20+. The van der Waals surface area contributed by atoms with Crippen LogP contribution in [0.1, 0.15) is 5.56 Å². The number of para-hydroxylation sites is 1. The highest BCUT2D eigenvalue weighted by molar-refractivity contribution is 9.10. The van der Waals surface area contributed by atoms with Crippen molar-refractivity contribution in [3.8, 4) is 28.2 Å². The van der Waals surface area contributed by atoms with E-state index in [2.05, 4.69) is 25.8 Å². The Morgan fingerprint density at radius 3 is 1.90 bits per heavy atom. The molecule has 1 N–H and O–H groups in total. The van der Waals surface area contributed by atoms with Gasteiger partial charge < -0.3 is 4.57 Å². The third-order valence-corrected chi connectivity index (χ3v) is 7.46. The van der Waals surface area contributed by atoms with Gasteiger partial charge in [-0.1, -0.05) is 94.8 Å². The van der Waals surface area contributed by atoms with Gasteiger partial charge in [0.05, 0.1) is 17.1 Å². The molecule has 0 radical (unpaired) electrons. The monoisotopic (exact) mass is 603 g/mol. The van der Waals surface area contributed by atoms with Gasteiger partial charge in [-0.3, -0.25) is 19.8 Å². The maximum atomic E-state index is 13.8. The summed E-state index contributed by atoms with van der Waals surface area (Å²) in [5, 5.41) is 2.74. The number of carbonyl (C=O) groups is 2. The summed E-state index contributed by atoms with van der Waals surface area (Å²) in [5.74, 6) is -1.01. The van der Waals surface area contributed by atoms with Gasteiger partial charge >= 0.3 is 0 Å². The average Bonchev–Trinajstić information content (AvgIpc) is 3.37. The summed E-state index contributed by atoms with van der Waals surface area (Å²) in [5.41, 5.74) is 6.01. The lowest BCUT2D eigenvalue weighted by Crippen LogP contribution is -2.54. The predicted molar refractivity (Wildman–Crippen MR) is 167 cm³/mol. The van der Waals surface area contributed by atoms with Gasteiger partial charge in [-0.25, -0.2) is 0 Å². The highest BCUT2D eigenvalue weighted by atomic mass is 79.9. The molecule has 0 saturated carbocycles. The van der Waals surface area contributed by atoms with Gasteiger partial charge in [-0.2, -0.15) is 0 Å². The smallest absolute Gasteiger partial charge is 0.270 e. The number of anilines is 1. The molecule has 194 valence electrons. The zero-order chi connectivity index (χ0) is 27.6. The van der Waals surface area contributed by atoms with Crippen molar-refractivity contribution in [2.24, 2.45) is 0 Å². The van der Waals surface area contributed by atoms with Crippen LogP contribution in [0.25, 0.3) is 34.3 Å². The maximum absolute atomic E-state index is 13.8. The number of rotatable bonds is 5. The Morgan fingerprint density at radius 2 is 1.27 bits per heavy atom. The van der Waals surface area contributed by atoms with Crippen molar-refractivity contribution in [2.45, 2.75) is 0 Å². The number of nitrogens with zero attached hydrogens (tertiary/aromatic N) is 2. The Hall–Kier alpha value is -4.59. The van der Waals surface area contributed by atoms with Gasteiger partial charge in [-0.05, 0) is 71.9 Å². The summed E-state index contributed by atoms with van der Waals surface area (Å²) in [7, 11) is 0. The van der Waals surface area contributed by atoms with Crippen molar-refractivity contribution in [1.29, 1.82) is 0 Å². The molecule has 4 aromatic carbocycles. The highest BCUT2D eigenvalue weighted by Gasteiger charge is 2.35. The Bertz CT molecular complexity index is 1760. The molecule has 5 aromatic rings. The fourth-order valence-electron chi connectivity index (χ4n) is 4.84. The van der Waals surface area contributed by atoms with E-state index < -0.39 is 11.8 Å². The number of aromatic nitrogens is 1. The first kappa shape index (κ1) is 25.7. The lowest BCUT2D eigenvalue weighted by atomic mass is 10.0. The molecule has 0 atom stereocenters. The van der Waals surface area contributed by atoms with E-state index in [1.807, 2.05) is 109 Å². The Kier molecular flexibility index (Phi) is 6.99. The minimum atomic E-state index is -0.531. The zero-order valence-electron chi connectivity index (χ0n) is 21.1. The number of hydrogen-bond donors (Lipinski definition) is 1. The second-order valence-corrected chi connectivity index (χ2v) is 10.5. The molecule has 0 spiro atoms. The summed E-state index contributed by atoms with van der Waals surface area (Å²) in [4.78, 5) is 28.4. The summed E-state index contributed by atoms with van der Waals surface area (Å²) in [6.45, 7) is 0. The normalized spacial score (nSPS) is 14.5.